The Kier molecular flexibility index (Phi) is 4.54. The Labute approximate surface area is 160 Å². The van der Waals surface area contributed by atoms with E-state index in [2.05, 4.69) is 0 Å². The van der Waals surface area contributed by atoms with Crippen molar-refractivity contribution in [3.8, 4) is 28.7 Å². The summed E-state index contributed by atoms with van der Waals surface area (Å²) in [6.45, 7) is 6.74. The maximum Gasteiger partial charge on any atom is 0.347 e. The van der Waals surface area contributed by atoms with E-state index < -0.39 is 5.97 Å². The van der Waals surface area contributed by atoms with Gasteiger partial charge < -0.3 is 19.7 Å². The highest BCUT2D eigenvalue weighted by Crippen LogP contribution is 2.52. The number of fused-ring (bicyclic) bond motifs is 2. The average molecular weight is 395 g/mol. The van der Waals surface area contributed by atoms with Gasteiger partial charge in [-0.2, -0.15) is 0 Å². The first kappa shape index (κ1) is 18.4. The van der Waals surface area contributed by atoms with Crippen molar-refractivity contribution in [2.75, 3.05) is 0 Å². The van der Waals surface area contributed by atoms with Crippen LogP contribution in [-0.2, 0) is 0 Å². The van der Waals surface area contributed by atoms with Gasteiger partial charge in [-0.25, -0.2) is 4.79 Å². The summed E-state index contributed by atoms with van der Waals surface area (Å²) in [6.07, 6.45) is 1.79. The van der Waals surface area contributed by atoms with Gasteiger partial charge in [0.25, 0.3) is 0 Å². The van der Waals surface area contributed by atoms with Crippen molar-refractivity contribution in [3.05, 3.63) is 44.4 Å². The molecule has 0 saturated heterocycles. The van der Waals surface area contributed by atoms with Gasteiger partial charge in [0.1, 0.15) is 22.8 Å². The van der Waals surface area contributed by atoms with Crippen LogP contribution in [0.3, 0.4) is 0 Å². The van der Waals surface area contributed by atoms with Crippen LogP contribution in [-0.4, -0.2) is 16.2 Å². The van der Waals surface area contributed by atoms with E-state index in [9.17, 15) is 15.0 Å². The molecule has 0 aliphatic carbocycles. The van der Waals surface area contributed by atoms with Crippen LogP contribution in [0.5, 0.6) is 28.7 Å². The highest BCUT2D eigenvalue weighted by molar-refractivity contribution is 6.34. The molecule has 1 heterocycles. The molecule has 0 bridgehead atoms. The lowest BCUT2D eigenvalue weighted by molar-refractivity contribution is 0.0735. The second-order valence-electron chi connectivity index (χ2n) is 5.99. The zero-order chi connectivity index (χ0) is 19.3. The molecule has 0 saturated carbocycles. The van der Waals surface area contributed by atoms with E-state index in [-0.39, 0.29) is 49.9 Å². The van der Waals surface area contributed by atoms with E-state index in [0.29, 0.717) is 11.1 Å². The first-order chi connectivity index (χ1) is 12.2. The number of halogens is 2. The number of rotatable bonds is 1. The fourth-order valence-electron chi connectivity index (χ4n) is 2.83. The Morgan fingerprint density at radius 3 is 2.35 bits per heavy atom. The Bertz CT molecular complexity index is 993. The van der Waals surface area contributed by atoms with Crippen molar-refractivity contribution in [2.24, 2.45) is 0 Å². The molecule has 1 aliphatic rings. The average Bonchev–Trinajstić information content (AvgIpc) is 2.74. The summed E-state index contributed by atoms with van der Waals surface area (Å²) < 4.78 is 11.5. The minimum Gasteiger partial charge on any atom is -0.506 e. The minimum absolute atomic E-state index is 0.0396. The van der Waals surface area contributed by atoms with Crippen molar-refractivity contribution < 1.29 is 24.5 Å². The number of aromatic hydroxyl groups is 2. The van der Waals surface area contributed by atoms with E-state index in [0.717, 1.165) is 5.57 Å². The minimum atomic E-state index is -0.702. The van der Waals surface area contributed by atoms with Crippen LogP contribution in [0.25, 0.3) is 5.57 Å². The molecule has 2 aromatic rings. The number of carbonyl (C=O) groups excluding carboxylic acids is 1. The number of benzene rings is 2. The second kappa shape index (κ2) is 6.41. The molecule has 1 aliphatic heterocycles. The van der Waals surface area contributed by atoms with Gasteiger partial charge in [0.05, 0.1) is 10.0 Å². The molecule has 7 heteroatoms. The Morgan fingerprint density at radius 1 is 1.08 bits per heavy atom. The van der Waals surface area contributed by atoms with Crippen molar-refractivity contribution in [3.63, 3.8) is 0 Å². The van der Waals surface area contributed by atoms with Crippen LogP contribution in [0.2, 0.25) is 10.0 Å². The molecule has 2 aromatic carbocycles. The fraction of sp³-hybridized carbons (Fsp3) is 0.211. The van der Waals surface area contributed by atoms with E-state index in [1.165, 1.54) is 6.07 Å². The summed E-state index contributed by atoms with van der Waals surface area (Å²) in [5.41, 5.74) is 1.82. The monoisotopic (exact) mass is 394 g/mol. The molecule has 3 rings (SSSR count). The molecule has 26 heavy (non-hydrogen) atoms. The largest absolute Gasteiger partial charge is 0.506 e. The standard InChI is InChI=1S/C19H16Cl2O5/c1-5-7(2)12-15(21)16(23)9(4)17-18(12)25-11-6-10(22)14(20)8(3)13(11)19(24)26-17/h5-6,22-23H,1-4H3/b7-5-. The number of ether oxygens (including phenoxy) is 2. The van der Waals surface area contributed by atoms with Gasteiger partial charge in [-0.1, -0.05) is 29.3 Å². The van der Waals surface area contributed by atoms with Gasteiger partial charge >= 0.3 is 5.97 Å². The third-order valence-corrected chi connectivity index (χ3v) is 5.28. The van der Waals surface area contributed by atoms with Gasteiger partial charge in [-0.15, -0.1) is 0 Å². The second-order valence-corrected chi connectivity index (χ2v) is 6.75. The predicted octanol–water partition coefficient (Wildman–Crippen LogP) is 5.77. The molecular weight excluding hydrogens is 379 g/mol. The summed E-state index contributed by atoms with van der Waals surface area (Å²) in [5.74, 6) is -0.758. The van der Waals surface area contributed by atoms with Crippen molar-refractivity contribution in [1.29, 1.82) is 0 Å². The fourth-order valence-corrected chi connectivity index (χ4v) is 3.35. The van der Waals surface area contributed by atoms with Crippen LogP contribution >= 0.6 is 23.2 Å². The van der Waals surface area contributed by atoms with E-state index in [1.807, 2.05) is 0 Å². The summed E-state index contributed by atoms with van der Waals surface area (Å²) >= 11 is 12.4. The topological polar surface area (TPSA) is 76.0 Å². The van der Waals surface area contributed by atoms with Gasteiger partial charge in [0, 0.05) is 17.2 Å². The first-order valence-electron chi connectivity index (χ1n) is 7.79. The quantitative estimate of drug-likeness (QED) is 0.474. The SMILES string of the molecule is C/C=C(/C)c1c(Cl)c(O)c(C)c2c1Oc1cc(O)c(Cl)c(C)c1C(=O)O2. The molecular formula is C19H16Cl2O5. The number of hydrogen-bond donors (Lipinski definition) is 2. The normalized spacial score (nSPS) is 13.5. The van der Waals surface area contributed by atoms with Crippen molar-refractivity contribution in [1.82, 2.24) is 0 Å². The molecule has 0 amide bonds. The number of carbonyl (C=O) groups is 1. The zero-order valence-corrected chi connectivity index (χ0v) is 16.0. The lowest BCUT2D eigenvalue weighted by Gasteiger charge is -2.18. The number of phenols is 2. The van der Waals surface area contributed by atoms with E-state index in [1.54, 1.807) is 33.8 Å². The molecule has 0 spiro atoms. The molecule has 0 aromatic heterocycles. The van der Waals surface area contributed by atoms with Crippen molar-refractivity contribution >= 4 is 34.7 Å². The summed E-state index contributed by atoms with van der Waals surface area (Å²) in [5, 5.41) is 20.5. The van der Waals surface area contributed by atoms with Crippen LogP contribution < -0.4 is 9.47 Å². The summed E-state index contributed by atoms with van der Waals surface area (Å²) in [4.78, 5) is 12.7. The van der Waals surface area contributed by atoms with E-state index in [4.69, 9.17) is 32.7 Å². The van der Waals surface area contributed by atoms with Crippen LogP contribution in [0, 0.1) is 13.8 Å². The molecule has 0 radical (unpaired) electrons. The smallest absolute Gasteiger partial charge is 0.347 e. The molecule has 0 fully saturated rings. The highest BCUT2D eigenvalue weighted by atomic mass is 35.5. The zero-order valence-electron chi connectivity index (χ0n) is 14.5. The maximum absolute atomic E-state index is 12.7. The van der Waals surface area contributed by atoms with E-state index >= 15 is 0 Å². The van der Waals surface area contributed by atoms with Crippen LogP contribution in [0.15, 0.2) is 12.1 Å². The number of hydrogen-bond acceptors (Lipinski definition) is 5. The number of phenolic OH excluding ortho intramolecular Hbond substituents is 2. The molecule has 136 valence electrons. The van der Waals surface area contributed by atoms with Crippen LogP contribution in [0.1, 0.15) is 40.9 Å². The Morgan fingerprint density at radius 2 is 1.73 bits per heavy atom. The lowest BCUT2D eigenvalue weighted by atomic mass is 10.0. The number of esters is 1. The summed E-state index contributed by atoms with van der Waals surface area (Å²) in [6, 6.07) is 1.26. The van der Waals surface area contributed by atoms with Gasteiger partial charge in [-0.3, -0.25) is 0 Å². The third kappa shape index (κ3) is 2.59. The van der Waals surface area contributed by atoms with Gasteiger partial charge in [0.2, 0.25) is 0 Å². The molecule has 0 unspecified atom stereocenters. The van der Waals surface area contributed by atoms with Gasteiger partial charge in [-0.05, 0) is 38.8 Å². The molecule has 0 atom stereocenters. The molecule has 2 N–H and O–H groups in total. The highest BCUT2D eigenvalue weighted by Gasteiger charge is 2.33. The predicted molar refractivity (Wildman–Crippen MR) is 100 cm³/mol. The third-order valence-electron chi connectivity index (χ3n) is 4.44. The first-order valence-corrected chi connectivity index (χ1v) is 8.55. The Balaban J connectivity index is 2.40. The van der Waals surface area contributed by atoms with Crippen LogP contribution in [0.4, 0.5) is 0 Å². The lowest BCUT2D eigenvalue weighted by Crippen LogP contribution is -2.10. The molecule has 5 nitrogen and oxygen atoms in total. The maximum atomic E-state index is 12.7. The Hall–Kier alpha value is -2.37. The number of allylic oxidation sites excluding steroid dienone is 2. The van der Waals surface area contributed by atoms with Gasteiger partial charge in [0.15, 0.2) is 11.5 Å². The summed E-state index contributed by atoms with van der Waals surface area (Å²) in [7, 11) is 0. The van der Waals surface area contributed by atoms with Crippen molar-refractivity contribution in [2.45, 2.75) is 27.7 Å².